The Balaban J connectivity index is 1.82. The molecule has 0 aliphatic carbocycles. The lowest BCUT2D eigenvalue weighted by atomic mass is 9.62. The van der Waals surface area contributed by atoms with Crippen LogP contribution in [-0.4, -0.2) is 70.8 Å². The number of fused-ring (bicyclic) bond motifs is 1. The molecule has 1 spiro atoms. The fourth-order valence-corrected chi connectivity index (χ4v) is 7.13. The summed E-state index contributed by atoms with van der Waals surface area (Å²) in [6.07, 6.45) is 5.14. The summed E-state index contributed by atoms with van der Waals surface area (Å²) in [5, 5.41) is 11.0. The number of likely N-dealkylation sites (tertiary alicyclic amines) is 1. The molecule has 9 heteroatoms. The summed E-state index contributed by atoms with van der Waals surface area (Å²) in [7, 11) is 0. The Bertz CT molecular complexity index is 1150. The topological polar surface area (TPSA) is 96.4 Å². The molecule has 3 saturated heterocycles. The zero-order valence-electron chi connectivity index (χ0n) is 23.8. The highest BCUT2D eigenvalue weighted by Gasteiger charge is 2.81. The van der Waals surface area contributed by atoms with Crippen molar-refractivity contribution >= 4 is 35.1 Å². The van der Waals surface area contributed by atoms with E-state index in [2.05, 4.69) is 13.2 Å². The van der Waals surface area contributed by atoms with Crippen molar-refractivity contribution in [2.75, 3.05) is 24.7 Å². The molecule has 0 aromatic heterocycles. The molecule has 0 radical (unpaired) electrons. The van der Waals surface area contributed by atoms with Crippen molar-refractivity contribution in [1.82, 2.24) is 4.90 Å². The van der Waals surface area contributed by atoms with Crippen molar-refractivity contribution in [3.8, 4) is 0 Å². The van der Waals surface area contributed by atoms with E-state index in [9.17, 15) is 19.5 Å². The quantitative estimate of drug-likeness (QED) is 0.227. The van der Waals surface area contributed by atoms with Crippen molar-refractivity contribution in [1.29, 1.82) is 0 Å². The molecule has 1 N–H and O–H groups in total. The first-order valence-electron chi connectivity index (χ1n) is 14.1. The number of esters is 1. The summed E-state index contributed by atoms with van der Waals surface area (Å²) < 4.78 is 12.5. The summed E-state index contributed by atoms with van der Waals surface area (Å²) in [5.41, 5.74) is -1.63. The highest BCUT2D eigenvalue weighted by atomic mass is 35.5. The molecule has 8 nitrogen and oxygen atoms in total. The molecule has 3 unspecified atom stereocenters. The van der Waals surface area contributed by atoms with Crippen LogP contribution in [0, 0.1) is 23.7 Å². The normalized spacial score (nSPS) is 31.3. The van der Waals surface area contributed by atoms with E-state index < -0.39 is 41.1 Å². The predicted octanol–water partition coefficient (Wildman–Crippen LogP) is 4.40. The van der Waals surface area contributed by atoms with Gasteiger partial charge in [0.1, 0.15) is 17.6 Å². The molecule has 218 valence electrons. The van der Waals surface area contributed by atoms with Crippen LogP contribution in [-0.2, 0) is 23.9 Å². The van der Waals surface area contributed by atoms with Gasteiger partial charge in [-0.1, -0.05) is 44.5 Å². The van der Waals surface area contributed by atoms with Crippen molar-refractivity contribution in [3.63, 3.8) is 0 Å². The number of halogens is 1. The second-order valence-corrected chi connectivity index (χ2v) is 12.2. The number of unbranched alkanes of at least 4 members (excludes halogenated alkanes) is 1. The molecule has 0 saturated carbocycles. The molecule has 3 heterocycles. The number of benzene rings is 1. The Morgan fingerprint density at radius 1 is 1.27 bits per heavy atom. The van der Waals surface area contributed by atoms with Gasteiger partial charge in [0.15, 0.2) is 0 Å². The highest BCUT2D eigenvalue weighted by Crippen LogP contribution is 2.66. The number of carbonyl (C=O) groups excluding carboxylic acids is 3. The molecule has 3 fully saturated rings. The number of aliphatic hydroxyl groups is 1. The second kappa shape index (κ2) is 11.7. The second-order valence-electron chi connectivity index (χ2n) is 11.8. The third-order valence-corrected chi connectivity index (χ3v) is 9.32. The summed E-state index contributed by atoms with van der Waals surface area (Å²) in [5.74, 6) is -3.25. The minimum Gasteiger partial charge on any atom is -0.465 e. The van der Waals surface area contributed by atoms with Crippen LogP contribution in [0.3, 0.4) is 0 Å². The first-order valence-corrected chi connectivity index (χ1v) is 14.4. The molecule has 1 aromatic carbocycles. The third kappa shape index (κ3) is 4.78. The van der Waals surface area contributed by atoms with Gasteiger partial charge in [-0.15, -0.1) is 13.2 Å². The predicted molar refractivity (Wildman–Crippen MR) is 154 cm³/mol. The van der Waals surface area contributed by atoms with Crippen molar-refractivity contribution < 1.29 is 29.0 Å². The molecule has 7 atom stereocenters. The van der Waals surface area contributed by atoms with Crippen LogP contribution in [0.2, 0.25) is 5.02 Å². The van der Waals surface area contributed by atoms with Gasteiger partial charge in [0.2, 0.25) is 5.91 Å². The number of aliphatic hydroxyl groups excluding tert-OH is 1. The van der Waals surface area contributed by atoms with E-state index in [1.807, 2.05) is 27.7 Å². The van der Waals surface area contributed by atoms with E-state index in [1.54, 1.807) is 41.3 Å². The van der Waals surface area contributed by atoms with E-state index in [-0.39, 0.29) is 43.4 Å². The fraction of sp³-hybridized carbons (Fsp3) is 0.581. The van der Waals surface area contributed by atoms with E-state index in [0.717, 1.165) is 0 Å². The van der Waals surface area contributed by atoms with Crippen LogP contribution >= 0.6 is 11.6 Å². The highest BCUT2D eigenvalue weighted by molar-refractivity contribution is 6.30. The lowest BCUT2D eigenvalue weighted by Crippen LogP contribution is -2.60. The number of hydrogen-bond acceptors (Lipinski definition) is 6. The first kappa shape index (κ1) is 30.3. The first-order chi connectivity index (χ1) is 19.0. The zero-order chi connectivity index (χ0) is 29.4. The van der Waals surface area contributed by atoms with Crippen molar-refractivity contribution in [3.05, 3.63) is 54.6 Å². The van der Waals surface area contributed by atoms with E-state index in [4.69, 9.17) is 21.1 Å². The summed E-state index contributed by atoms with van der Waals surface area (Å²) in [6.45, 7) is 15.3. The smallest absolute Gasteiger partial charge is 0.312 e. The molecule has 4 rings (SSSR count). The molecule has 3 aliphatic rings. The van der Waals surface area contributed by atoms with Crippen LogP contribution in [0.4, 0.5) is 5.69 Å². The number of carbonyl (C=O) groups is 3. The number of amides is 2. The summed E-state index contributed by atoms with van der Waals surface area (Å²) in [6, 6.07) is 5.18. The monoisotopic (exact) mass is 572 g/mol. The molecule has 40 heavy (non-hydrogen) atoms. The van der Waals surface area contributed by atoms with Gasteiger partial charge in [0.25, 0.3) is 5.91 Å². The van der Waals surface area contributed by atoms with Gasteiger partial charge in [-0.2, -0.15) is 0 Å². The Morgan fingerprint density at radius 2 is 1.95 bits per heavy atom. The van der Waals surface area contributed by atoms with E-state index in [0.29, 0.717) is 30.0 Å². The molecule has 3 aliphatic heterocycles. The van der Waals surface area contributed by atoms with E-state index in [1.165, 1.54) is 4.90 Å². The number of nitrogens with zero attached hydrogens (tertiary/aromatic N) is 2. The third-order valence-electron chi connectivity index (χ3n) is 9.07. The molecular weight excluding hydrogens is 532 g/mol. The number of anilines is 1. The number of rotatable bonds is 12. The van der Waals surface area contributed by atoms with Gasteiger partial charge >= 0.3 is 5.97 Å². The van der Waals surface area contributed by atoms with Crippen molar-refractivity contribution in [2.24, 2.45) is 23.7 Å². The Morgan fingerprint density at radius 3 is 2.52 bits per heavy atom. The van der Waals surface area contributed by atoms with Gasteiger partial charge in [-0.05, 0) is 62.3 Å². The molecule has 2 bridgehead atoms. The largest absolute Gasteiger partial charge is 0.465 e. The maximum absolute atomic E-state index is 14.6. The average Bonchev–Trinajstić information content (AvgIpc) is 3.42. The minimum atomic E-state index is -1.25. The van der Waals surface area contributed by atoms with Gasteiger partial charge in [0.05, 0.1) is 30.8 Å². The average molecular weight is 573 g/mol. The van der Waals surface area contributed by atoms with Crippen LogP contribution in [0.5, 0.6) is 0 Å². The maximum Gasteiger partial charge on any atom is 0.312 e. The van der Waals surface area contributed by atoms with Gasteiger partial charge in [0, 0.05) is 17.3 Å². The molecule has 1 aromatic rings. The van der Waals surface area contributed by atoms with Gasteiger partial charge in [-0.25, -0.2) is 0 Å². The summed E-state index contributed by atoms with van der Waals surface area (Å²) in [4.78, 5) is 45.7. The number of ether oxygens (including phenoxy) is 2. The van der Waals surface area contributed by atoms with Crippen LogP contribution in [0.15, 0.2) is 49.6 Å². The SMILES string of the molecule is C=CCCCOC(=O)[C@@H]1[C@H]2C(=O)N([C@@H](CO)C(C)C)C(C(=O)N(CC=C)c3ccc(Cl)cc3)C23CC(C)[C@@]1(C)O3. The summed E-state index contributed by atoms with van der Waals surface area (Å²) >= 11 is 6.12. The molecular formula is C31H41ClN2O6. The van der Waals surface area contributed by atoms with Crippen molar-refractivity contribution in [2.45, 2.75) is 70.2 Å². The van der Waals surface area contributed by atoms with Crippen LogP contribution in [0.25, 0.3) is 0 Å². The fourth-order valence-electron chi connectivity index (χ4n) is 7.00. The van der Waals surface area contributed by atoms with Crippen LogP contribution in [0.1, 0.15) is 47.0 Å². The lowest BCUT2D eigenvalue weighted by Gasteiger charge is -2.40. The number of hydrogen-bond donors (Lipinski definition) is 1. The maximum atomic E-state index is 14.6. The zero-order valence-corrected chi connectivity index (χ0v) is 24.6. The Hall–Kier alpha value is -2.68. The standard InChI is InChI=1S/C31H41ClN2O6/c1-7-9-10-16-39-29(38)25-24-27(36)34(23(18-35)19(3)4)26(31(24)17-20(5)30(25,6)40-31)28(37)33(15-8-2)22-13-11-21(32)12-14-22/h7-8,11-14,19-20,23-26,35H,1-2,9-10,15-18H2,3-6H3/t20?,23-,24-,25-,26?,30+,31?/m0/s1. The lowest BCUT2D eigenvalue weighted by molar-refractivity contribution is -0.162. The Labute approximate surface area is 241 Å². The van der Waals surface area contributed by atoms with Gasteiger partial charge in [-0.3, -0.25) is 14.4 Å². The number of allylic oxidation sites excluding steroid dienone is 1. The van der Waals surface area contributed by atoms with E-state index >= 15 is 0 Å². The molecule has 2 amide bonds. The van der Waals surface area contributed by atoms with Gasteiger partial charge < -0.3 is 24.4 Å². The Kier molecular flexibility index (Phi) is 8.83. The van der Waals surface area contributed by atoms with Crippen LogP contribution < -0.4 is 4.90 Å². The minimum absolute atomic E-state index is 0.118.